The van der Waals surface area contributed by atoms with E-state index in [1.165, 1.54) is 6.42 Å². The molecule has 1 fully saturated rings. The normalized spacial score (nSPS) is 21.8. The van der Waals surface area contributed by atoms with Crippen LogP contribution in [0.3, 0.4) is 0 Å². The van der Waals surface area contributed by atoms with E-state index in [0.29, 0.717) is 5.54 Å². The Morgan fingerprint density at radius 1 is 1.45 bits per heavy atom. The van der Waals surface area contributed by atoms with Crippen LogP contribution in [-0.4, -0.2) is 36.1 Å². The summed E-state index contributed by atoms with van der Waals surface area (Å²) in [6, 6.07) is 0. The van der Waals surface area contributed by atoms with Crippen LogP contribution in [-0.2, 0) is 4.74 Å². The molecular formula is C8H17NOS. The fourth-order valence-corrected chi connectivity index (χ4v) is 2.03. The maximum Gasteiger partial charge on any atom is 0.0682 e. The molecule has 2 nitrogen and oxygen atoms in total. The topological polar surface area (TPSA) is 12.5 Å². The van der Waals surface area contributed by atoms with Gasteiger partial charge in [-0.25, -0.2) is 0 Å². The molecule has 0 aliphatic carbocycles. The van der Waals surface area contributed by atoms with Crippen molar-refractivity contribution in [1.82, 2.24) is 4.90 Å². The molecule has 0 N–H and O–H groups in total. The predicted molar refractivity (Wildman–Crippen MR) is 50.1 cm³/mol. The van der Waals surface area contributed by atoms with Gasteiger partial charge in [0, 0.05) is 5.88 Å². The average Bonchev–Trinajstić information content (AvgIpc) is 1.96. The molecule has 0 bridgehead atoms. The Morgan fingerprint density at radius 2 is 2.09 bits per heavy atom. The van der Waals surface area contributed by atoms with Crippen LogP contribution in [0.2, 0.25) is 0 Å². The van der Waals surface area contributed by atoms with Crippen molar-refractivity contribution in [3.05, 3.63) is 0 Å². The van der Waals surface area contributed by atoms with Crippen molar-refractivity contribution in [1.29, 1.82) is 0 Å². The summed E-state index contributed by atoms with van der Waals surface area (Å²) >= 11 is 4.30. The summed E-state index contributed by atoms with van der Waals surface area (Å²) in [5.74, 6) is 0.841. The molecule has 0 atom stereocenters. The van der Waals surface area contributed by atoms with Gasteiger partial charge in [0.25, 0.3) is 0 Å². The Balaban J connectivity index is 2.51. The summed E-state index contributed by atoms with van der Waals surface area (Å²) < 4.78 is 5.24. The molecular weight excluding hydrogens is 158 g/mol. The fourth-order valence-electron chi connectivity index (χ4n) is 1.53. The van der Waals surface area contributed by atoms with Crippen molar-refractivity contribution in [2.45, 2.75) is 25.8 Å². The average molecular weight is 175 g/mol. The highest BCUT2D eigenvalue weighted by Crippen LogP contribution is 2.28. The second kappa shape index (κ2) is 3.78. The Morgan fingerprint density at radius 3 is 2.18 bits per heavy atom. The summed E-state index contributed by atoms with van der Waals surface area (Å²) in [5.41, 5.74) is 0.316. The Labute approximate surface area is 74.3 Å². The molecule has 0 radical (unpaired) electrons. The van der Waals surface area contributed by atoms with Gasteiger partial charge in [-0.3, -0.25) is 4.90 Å². The lowest BCUT2D eigenvalue weighted by Gasteiger charge is -2.48. The number of hydrogen-bond donors (Lipinski definition) is 1. The van der Waals surface area contributed by atoms with Crippen molar-refractivity contribution in [3.63, 3.8) is 0 Å². The van der Waals surface area contributed by atoms with Crippen molar-refractivity contribution in [3.8, 4) is 0 Å². The van der Waals surface area contributed by atoms with E-state index < -0.39 is 0 Å². The summed E-state index contributed by atoms with van der Waals surface area (Å²) in [6.45, 7) is 7.23. The van der Waals surface area contributed by atoms with Gasteiger partial charge < -0.3 is 4.74 Å². The van der Waals surface area contributed by atoms with Gasteiger partial charge in [0.2, 0.25) is 0 Å². The van der Waals surface area contributed by atoms with Crippen LogP contribution in [0.4, 0.5) is 0 Å². The van der Waals surface area contributed by atoms with E-state index in [4.69, 9.17) is 4.74 Å². The Hall–Kier alpha value is 0.270. The highest BCUT2D eigenvalue weighted by atomic mass is 32.1. The van der Waals surface area contributed by atoms with Gasteiger partial charge in [-0.05, 0) is 13.0 Å². The molecule has 0 aromatic rings. The number of hydrogen-bond acceptors (Lipinski definition) is 3. The zero-order chi connectivity index (χ0) is 8.32. The van der Waals surface area contributed by atoms with Crippen LogP contribution in [0.25, 0.3) is 0 Å². The molecule has 0 aromatic heterocycles. The van der Waals surface area contributed by atoms with Crippen molar-refractivity contribution >= 4 is 12.6 Å². The first-order chi connectivity index (χ1) is 5.29. The molecule has 1 heterocycles. The van der Waals surface area contributed by atoms with E-state index in [-0.39, 0.29) is 0 Å². The lowest BCUT2D eigenvalue weighted by molar-refractivity contribution is -0.134. The SMILES string of the molecule is CCN(CS)C1(CC)COC1. The van der Waals surface area contributed by atoms with Crippen LogP contribution in [0, 0.1) is 0 Å². The molecule has 0 unspecified atom stereocenters. The van der Waals surface area contributed by atoms with E-state index in [1.807, 2.05) is 0 Å². The zero-order valence-electron chi connectivity index (χ0n) is 7.34. The minimum Gasteiger partial charge on any atom is -0.377 e. The predicted octanol–water partition coefficient (Wildman–Crippen LogP) is 1.37. The second-order valence-corrected chi connectivity index (χ2v) is 3.35. The van der Waals surface area contributed by atoms with Gasteiger partial charge in [-0.1, -0.05) is 13.8 Å². The third-order valence-electron chi connectivity index (χ3n) is 2.62. The smallest absolute Gasteiger partial charge is 0.0682 e. The molecule has 11 heavy (non-hydrogen) atoms. The maximum atomic E-state index is 5.24. The first-order valence-electron chi connectivity index (χ1n) is 4.22. The molecule has 0 aromatic carbocycles. The minimum absolute atomic E-state index is 0.316. The van der Waals surface area contributed by atoms with E-state index in [1.54, 1.807) is 0 Å². The third-order valence-corrected chi connectivity index (χ3v) is 2.96. The first-order valence-corrected chi connectivity index (χ1v) is 4.86. The van der Waals surface area contributed by atoms with E-state index in [0.717, 1.165) is 25.6 Å². The molecule has 1 saturated heterocycles. The molecule has 66 valence electrons. The highest BCUT2D eigenvalue weighted by molar-refractivity contribution is 7.80. The van der Waals surface area contributed by atoms with E-state index in [2.05, 4.69) is 31.4 Å². The lowest BCUT2D eigenvalue weighted by Crippen LogP contribution is -2.61. The number of likely N-dealkylation sites (N-methyl/N-ethyl adjacent to an activating group) is 1. The molecule has 1 aliphatic rings. The maximum absolute atomic E-state index is 5.24. The lowest BCUT2D eigenvalue weighted by atomic mass is 9.92. The monoisotopic (exact) mass is 175 g/mol. The van der Waals surface area contributed by atoms with Gasteiger partial charge in [-0.2, -0.15) is 12.6 Å². The fraction of sp³-hybridized carbons (Fsp3) is 1.00. The van der Waals surface area contributed by atoms with Crippen LogP contribution < -0.4 is 0 Å². The standard InChI is InChI=1S/C8H17NOS/c1-3-8(5-10-6-8)9(4-2)7-11/h11H,3-7H2,1-2H3. The number of ether oxygens (including phenoxy) is 1. The highest BCUT2D eigenvalue weighted by Gasteiger charge is 2.40. The summed E-state index contributed by atoms with van der Waals surface area (Å²) in [7, 11) is 0. The molecule has 3 heteroatoms. The van der Waals surface area contributed by atoms with Crippen molar-refractivity contribution < 1.29 is 4.74 Å². The van der Waals surface area contributed by atoms with Gasteiger partial charge in [0.05, 0.1) is 18.8 Å². The minimum atomic E-state index is 0.316. The van der Waals surface area contributed by atoms with Crippen LogP contribution in [0.15, 0.2) is 0 Å². The summed E-state index contributed by atoms with van der Waals surface area (Å²) in [5, 5.41) is 0. The zero-order valence-corrected chi connectivity index (χ0v) is 8.23. The molecule has 0 saturated carbocycles. The molecule has 0 amide bonds. The van der Waals surface area contributed by atoms with Gasteiger partial charge in [-0.15, -0.1) is 0 Å². The second-order valence-electron chi connectivity index (χ2n) is 3.07. The number of thiol groups is 1. The van der Waals surface area contributed by atoms with Crippen LogP contribution >= 0.6 is 12.6 Å². The summed E-state index contributed by atoms with van der Waals surface area (Å²) in [6.07, 6.45) is 1.17. The van der Waals surface area contributed by atoms with Crippen LogP contribution in [0.5, 0.6) is 0 Å². The van der Waals surface area contributed by atoms with E-state index >= 15 is 0 Å². The van der Waals surface area contributed by atoms with Gasteiger partial charge >= 0.3 is 0 Å². The van der Waals surface area contributed by atoms with Crippen LogP contribution in [0.1, 0.15) is 20.3 Å². The van der Waals surface area contributed by atoms with Crippen molar-refractivity contribution in [2.24, 2.45) is 0 Å². The van der Waals surface area contributed by atoms with Gasteiger partial charge in [0.15, 0.2) is 0 Å². The van der Waals surface area contributed by atoms with E-state index in [9.17, 15) is 0 Å². The Bertz CT molecular complexity index is 116. The Kier molecular flexibility index (Phi) is 3.22. The third kappa shape index (κ3) is 1.55. The number of nitrogens with zero attached hydrogens (tertiary/aromatic N) is 1. The molecule has 1 aliphatic heterocycles. The number of rotatable bonds is 4. The van der Waals surface area contributed by atoms with Crippen molar-refractivity contribution in [2.75, 3.05) is 25.6 Å². The molecule has 0 spiro atoms. The quantitative estimate of drug-likeness (QED) is 0.512. The largest absolute Gasteiger partial charge is 0.377 e. The summed E-state index contributed by atoms with van der Waals surface area (Å²) in [4.78, 5) is 2.37. The first kappa shape index (κ1) is 9.36. The van der Waals surface area contributed by atoms with Gasteiger partial charge in [0.1, 0.15) is 0 Å². The molecule has 1 rings (SSSR count).